The summed E-state index contributed by atoms with van der Waals surface area (Å²) in [6.07, 6.45) is 0. The smallest absolute Gasteiger partial charge is 0.219 e. The molecule has 2 aromatic carbocycles. The van der Waals surface area contributed by atoms with Crippen LogP contribution in [0.4, 0.5) is 5.82 Å². The molecule has 25 heavy (non-hydrogen) atoms. The summed E-state index contributed by atoms with van der Waals surface area (Å²) in [5.74, 6) is 1.04. The van der Waals surface area contributed by atoms with Crippen LogP contribution in [0, 0.1) is 0 Å². The first-order valence-electron chi connectivity index (χ1n) is 8.55. The first-order valence-corrected chi connectivity index (χ1v) is 8.55. The van der Waals surface area contributed by atoms with E-state index in [2.05, 4.69) is 39.4 Å². The van der Waals surface area contributed by atoms with Gasteiger partial charge in [0.05, 0.1) is 0 Å². The highest BCUT2D eigenvalue weighted by atomic mass is 16.2. The van der Waals surface area contributed by atoms with Crippen LogP contribution in [0.1, 0.15) is 6.92 Å². The van der Waals surface area contributed by atoms with Gasteiger partial charge in [0, 0.05) is 49.4 Å². The molecule has 0 spiro atoms. The zero-order chi connectivity index (χ0) is 17.2. The number of amides is 1. The third-order valence-corrected chi connectivity index (χ3v) is 4.74. The molecule has 5 heteroatoms. The maximum Gasteiger partial charge on any atom is 0.219 e. The van der Waals surface area contributed by atoms with Crippen LogP contribution in [0.2, 0.25) is 0 Å². The first-order chi connectivity index (χ1) is 12.2. The molecule has 0 N–H and O–H groups in total. The van der Waals surface area contributed by atoms with Crippen molar-refractivity contribution in [3.8, 4) is 11.3 Å². The minimum atomic E-state index is 0.134. The van der Waals surface area contributed by atoms with Gasteiger partial charge in [-0.2, -0.15) is 0 Å². The van der Waals surface area contributed by atoms with Gasteiger partial charge in [-0.05, 0) is 0 Å². The van der Waals surface area contributed by atoms with Crippen molar-refractivity contribution in [1.82, 2.24) is 15.1 Å². The summed E-state index contributed by atoms with van der Waals surface area (Å²) in [7, 11) is 0. The lowest BCUT2D eigenvalue weighted by atomic mass is 10.0. The zero-order valence-corrected chi connectivity index (χ0v) is 14.2. The van der Waals surface area contributed by atoms with Crippen molar-refractivity contribution in [1.29, 1.82) is 0 Å². The second-order valence-corrected chi connectivity index (χ2v) is 6.28. The molecule has 1 amide bonds. The van der Waals surface area contributed by atoms with E-state index >= 15 is 0 Å². The molecule has 0 radical (unpaired) electrons. The summed E-state index contributed by atoms with van der Waals surface area (Å²) in [5, 5.41) is 11.3. The van der Waals surface area contributed by atoms with Crippen LogP contribution >= 0.6 is 0 Å². The molecule has 1 aliphatic rings. The van der Waals surface area contributed by atoms with E-state index in [9.17, 15) is 4.79 Å². The van der Waals surface area contributed by atoms with Crippen LogP contribution in [0.5, 0.6) is 0 Å². The van der Waals surface area contributed by atoms with E-state index in [1.54, 1.807) is 6.92 Å². The fourth-order valence-corrected chi connectivity index (χ4v) is 3.37. The summed E-state index contributed by atoms with van der Waals surface area (Å²) in [6.45, 7) is 4.64. The highest BCUT2D eigenvalue weighted by Crippen LogP contribution is 2.31. The molecule has 0 unspecified atom stereocenters. The average Bonchev–Trinajstić information content (AvgIpc) is 2.68. The number of carbonyl (C=O) groups excluding carboxylic acids is 1. The van der Waals surface area contributed by atoms with Gasteiger partial charge in [0.2, 0.25) is 5.91 Å². The molecule has 3 aromatic rings. The number of rotatable bonds is 2. The SMILES string of the molecule is CC(=O)N1CCN(c2nnc(-c3ccccc3)c3ccccc23)CC1. The Morgan fingerprint density at radius 3 is 2.16 bits per heavy atom. The lowest BCUT2D eigenvalue weighted by molar-refractivity contribution is -0.129. The van der Waals surface area contributed by atoms with Gasteiger partial charge in [-0.3, -0.25) is 4.79 Å². The Balaban J connectivity index is 1.74. The number of fused-ring (bicyclic) bond motifs is 1. The Hall–Kier alpha value is -2.95. The summed E-state index contributed by atoms with van der Waals surface area (Å²) in [4.78, 5) is 15.6. The molecule has 0 aliphatic carbocycles. The van der Waals surface area contributed by atoms with Gasteiger partial charge in [-0.15, -0.1) is 10.2 Å². The second-order valence-electron chi connectivity index (χ2n) is 6.28. The fourth-order valence-electron chi connectivity index (χ4n) is 3.37. The summed E-state index contributed by atoms with van der Waals surface area (Å²) in [6, 6.07) is 18.4. The molecule has 1 aromatic heterocycles. The molecule has 4 rings (SSSR count). The van der Waals surface area contributed by atoms with Gasteiger partial charge in [0.1, 0.15) is 5.69 Å². The summed E-state index contributed by atoms with van der Waals surface area (Å²) in [5.41, 5.74) is 1.97. The number of benzene rings is 2. The number of anilines is 1. The maximum absolute atomic E-state index is 11.5. The number of nitrogens with zero attached hydrogens (tertiary/aromatic N) is 4. The van der Waals surface area contributed by atoms with E-state index in [-0.39, 0.29) is 5.91 Å². The standard InChI is InChI=1S/C20H20N4O/c1-15(25)23-11-13-24(14-12-23)20-18-10-6-5-9-17(18)19(21-22-20)16-7-3-2-4-8-16/h2-10H,11-14H2,1H3. The molecule has 0 atom stereocenters. The van der Waals surface area contributed by atoms with Crippen LogP contribution in [-0.2, 0) is 4.79 Å². The molecule has 2 heterocycles. The van der Waals surface area contributed by atoms with E-state index in [4.69, 9.17) is 0 Å². The van der Waals surface area contributed by atoms with Gasteiger partial charge in [-0.25, -0.2) is 0 Å². The van der Waals surface area contributed by atoms with Crippen LogP contribution in [0.3, 0.4) is 0 Å². The molecule has 1 fully saturated rings. The van der Waals surface area contributed by atoms with Crippen molar-refractivity contribution in [2.45, 2.75) is 6.92 Å². The van der Waals surface area contributed by atoms with Crippen molar-refractivity contribution in [2.75, 3.05) is 31.1 Å². The minimum absolute atomic E-state index is 0.134. The van der Waals surface area contributed by atoms with E-state index in [1.165, 1.54) is 0 Å². The summed E-state index contributed by atoms with van der Waals surface area (Å²) < 4.78 is 0. The normalized spacial score (nSPS) is 14.8. The van der Waals surface area contributed by atoms with E-state index in [0.717, 1.165) is 54.0 Å². The molecule has 0 saturated carbocycles. The van der Waals surface area contributed by atoms with Crippen LogP contribution < -0.4 is 4.90 Å². The second kappa shape index (κ2) is 6.51. The predicted octanol–water partition coefficient (Wildman–Crippen LogP) is 2.97. The Labute approximate surface area is 146 Å². The quantitative estimate of drug-likeness (QED) is 0.724. The molecule has 1 aliphatic heterocycles. The van der Waals surface area contributed by atoms with Crippen LogP contribution in [0.25, 0.3) is 22.0 Å². The number of aromatic nitrogens is 2. The van der Waals surface area contributed by atoms with Crippen molar-refractivity contribution in [3.05, 3.63) is 54.6 Å². The Morgan fingerprint density at radius 2 is 1.48 bits per heavy atom. The van der Waals surface area contributed by atoms with Gasteiger partial charge < -0.3 is 9.80 Å². The summed E-state index contributed by atoms with van der Waals surface area (Å²) >= 11 is 0. The molecular formula is C20H20N4O. The highest BCUT2D eigenvalue weighted by molar-refractivity contribution is 6.00. The van der Waals surface area contributed by atoms with Crippen molar-refractivity contribution >= 4 is 22.5 Å². The maximum atomic E-state index is 11.5. The number of carbonyl (C=O) groups is 1. The average molecular weight is 332 g/mol. The molecule has 1 saturated heterocycles. The van der Waals surface area contributed by atoms with Crippen molar-refractivity contribution in [3.63, 3.8) is 0 Å². The largest absolute Gasteiger partial charge is 0.351 e. The monoisotopic (exact) mass is 332 g/mol. The third kappa shape index (κ3) is 2.93. The zero-order valence-electron chi connectivity index (χ0n) is 14.2. The van der Waals surface area contributed by atoms with E-state index < -0.39 is 0 Å². The number of piperazine rings is 1. The Bertz CT molecular complexity index is 902. The first kappa shape index (κ1) is 15.6. The lowest BCUT2D eigenvalue weighted by Crippen LogP contribution is -2.48. The molecular weight excluding hydrogens is 312 g/mol. The minimum Gasteiger partial charge on any atom is -0.351 e. The van der Waals surface area contributed by atoms with Crippen LogP contribution in [0.15, 0.2) is 54.6 Å². The van der Waals surface area contributed by atoms with Crippen molar-refractivity contribution in [2.24, 2.45) is 0 Å². The van der Waals surface area contributed by atoms with Gasteiger partial charge in [-0.1, -0.05) is 54.6 Å². The van der Waals surface area contributed by atoms with Gasteiger partial charge >= 0.3 is 0 Å². The van der Waals surface area contributed by atoms with Gasteiger partial charge in [0.25, 0.3) is 0 Å². The Kier molecular flexibility index (Phi) is 4.06. The lowest BCUT2D eigenvalue weighted by Gasteiger charge is -2.35. The predicted molar refractivity (Wildman–Crippen MR) is 99.4 cm³/mol. The third-order valence-electron chi connectivity index (χ3n) is 4.74. The number of hydrogen-bond donors (Lipinski definition) is 0. The molecule has 0 bridgehead atoms. The molecule has 5 nitrogen and oxygen atoms in total. The molecule has 126 valence electrons. The van der Waals surface area contributed by atoms with E-state index in [0.29, 0.717) is 0 Å². The fraction of sp³-hybridized carbons (Fsp3) is 0.250. The highest BCUT2D eigenvalue weighted by Gasteiger charge is 2.22. The van der Waals surface area contributed by atoms with E-state index in [1.807, 2.05) is 35.2 Å². The topological polar surface area (TPSA) is 49.3 Å². The Morgan fingerprint density at radius 1 is 0.840 bits per heavy atom. The van der Waals surface area contributed by atoms with Crippen LogP contribution in [-0.4, -0.2) is 47.2 Å². The van der Waals surface area contributed by atoms with Crippen molar-refractivity contribution < 1.29 is 4.79 Å². The van der Waals surface area contributed by atoms with Gasteiger partial charge in [0.15, 0.2) is 5.82 Å². The number of hydrogen-bond acceptors (Lipinski definition) is 4.